The molecule has 1 saturated heterocycles. The molecule has 116 valence electrons. The quantitative estimate of drug-likeness (QED) is 0.582. The molecule has 0 aliphatic carbocycles. The number of likely N-dealkylation sites (tertiary alicyclic amines) is 1. The van der Waals surface area contributed by atoms with Crippen molar-refractivity contribution in [3.63, 3.8) is 0 Å². The van der Waals surface area contributed by atoms with E-state index in [0.29, 0.717) is 0 Å². The highest BCUT2D eigenvalue weighted by Gasteiger charge is 2.47. The molecule has 5 atom stereocenters. The third kappa shape index (κ3) is 3.16. The van der Waals surface area contributed by atoms with Crippen LogP contribution in [0.25, 0.3) is 0 Å². The number of hydrogen-bond donors (Lipinski definition) is 4. The molecule has 1 aliphatic heterocycles. The zero-order valence-corrected chi connectivity index (χ0v) is 11.5. The van der Waals surface area contributed by atoms with Gasteiger partial charge in [0, 0.05) is 0 Å². The van der Waals surface area contributed by atoms with Gasteiger partial charge in [0.05, 0.1) is 6.04 Å². The second-order valence-corrected chi connectivity index (χ2v) is 5.07. The van der Waals surface area contributed by atoms with Gasteiger partial charge in [-0.3, -0.25) is 4.90 Å². The third-order valence-corrected chi connectivity index (χ3v) is 3.64. The minimum Gasteiger partial charge on any atom is -0.444 e. The smallest absolute Gasteiger partial charge is 0.412 e. The van der Waals surface area contributed by atoms with Crippen molar-refractivity contribution in [2.24, 2.45) is 0 Å². The molecule has 0 bridgehead atoms. The first kappa shape index (κ1) is 15.7. The van der Waals surface area contributed by atoms with Crippen molar-refractivity contribution in [1.29, 1.82) is 0 Å². The molecule has 0 spiro atoms. The van der Waals surface area contributed by atoms with Gasteiger partial charge in [-0.2, -0.15) is 0 Å². The standard InChI is InChI=1S/C14H19NO6/c1-8-10(16)11(17)12(18)13(19)15(8)14(20)21-7-9-5-3-2-4-6-9/h2-6,8,10-13,16-19H,7H2,1H3/t8-,10-,11-,12+,13+/m1/s1. The molecule has 2 rings (SSSR count). The predicted molar refractivity (Wildman–Crippen MR) is 72.0 cm³/mol. The number of nitrogens with zero attached hydrogens (tertiary/aromatic N) is 1. The summed E-state index contributed by atoms with van der Waals surface area (Å²) in [5.74, 6) is 0. The molecule has 1 fully saturated rings. The lowest BCUT2D eigenvalue weighted by Gasteiger charge is -2.44. The van der Waals surface area contributed by atoms with Crippen molar-refractivity contribution in [1.82, 2.24) is 4.90 Å². The number of carbonyl (C=O) groups is 1. The highest BCUT2D eigenvalue weighted by molar-refractivity contribution is 5.68. The molecular weight excluding hydrogens is 278 g/mol. The van der Waals surface area contributed by atoms with Gasteiger partial charge in [0.25, 0.3) is 0 Å². The molecule has 7 nitrogen and oxygen atoms in total. The van der Waals surface area contributed by atoms with Gasteiger partial charge in [-0.25, -0.2) is 4.79 Å². The maximum absolute atomic E-state index is 12.0. The number of amides is 1. The average molecular weight is 297 g/mol. The zero-order valence-electron chi connectivity index (χ0n) is 11.5. The summed E-state index contributed by atoms with van der Waals surface area (Å²) in [6.07, 6.45) is -7.05. The van der Waals surface area contributed by atoms with Crippen LogP contribution in [0.3, 0.4) is 0 Å². The topological polar surface area (TPSA) is 110 Å². The van der Waals surface area contributed by atoms with Crippen LogP contribution in [-0.2, 0) is 11.3 Å². The molecule has 0 aromatic heterocycles. The number of rotatable bonds is 2. The minimum absolute atomic E-state index is 0.00432. The largest absolute Gasteiger partial charge is 0.444 e. The predicted octanol–water partition coefficient (Wildman–Crippen LogP) is -0.572. The van der Waals surface area contributed by atoms with E-state index in [2.05, 4.69) is 0 Å². The zero-order chi connectivity index (χ0) is 15.6. The molecule has 0 unspecified atom stereocenters. The Kier molecular flexibility index (Phi) is 4.79. The lowest BCUT2D eigenvalue weighted by Crippen LogP contribution is -2.66. The van der Waals surface area contributed by atoms with Crippen LogP contribution in [0.4, 0.5) is 4.79 Å². The molecule has 0 radical (unpaired) electrons. The molecule has 1 heterocycles. The number of piperidine rings is 1. The van der Waals surface area contributed by atoms with Crippen molar-refractivity contribution >= 4 is 6.09 Å². The fourth-order valence-corrected chi connectivity index (χ4v) is 2.30. The fraction of sp³-hybridized carbons (Fsp3) is 0.500. The Bertz CT molecular complexity index is 466. The molecule has 1 amide bonds. The summed E-state index contributed by atoms with van der Waals surface area (Å²) in [7, 11) is 0. The van der Waals surface area contributed by atoms with Gasteiger partial charge in [-0.1, -0.05) is 30.3 Å². The first-order valence-electron chi connectivity index (χ1n) is 6.64. The van der Waals surface area contributed by atoms with E-state index in [1.165, 1.54) is 6.92 Å². The first-order valence-corrected chi connectivity index (χ1v) is 6.64. The Labute approximate surface area is 122 Å². The molecule has 4 N–H and O–H groups in total. The van der Waals surface area contributed by atoms with Crippen LogP contribution >= 0.6 is 0 Å². The third-order valence-electron chi connectivity index (χ3n) is 3.64. The highest BCUT2D eigenvalue weighted by Crippen LogP contribution is 2.24. The van der Waals surface area contributed by atoms with Crippen LogP contribution in [0.2, 0.25) is 0 Å². The molecule has 1 aliphatic rings. The molecule has 1 aromatic carbocycles. The number of carbonyl (C=O) groups excluding carboxylic acids is 1. The molecule has 21 heavy (non-hydrogen) atoms. The SMILES string of the molecule is C[C@@H]1[C@@H](O)[C@@H](O)[C@H](O)[C@H](O)N1C(=O)OCc1ccccc1. The Balaban J connectivity index is 2.03. The van der Waals surface area contributed by atoms with Gasteiger partial charge < -0.3 is 25.2 Å². The van der Waals surface area contributed by atoms with E-state index in [0.717, 1.165) is 10.5 Å². The normalized spacial score (nSPS) is 32.8. The van der Waals surface area contributed by atoms with E-state index in [1.807, 2.05) is 6.07 Å². The van der Waals surface area contributed by atoms with Gasteiger partial charge in [-0.05, 0) is 12.5 Å². The summed E-state index contributed by atoms with van der Waals surface area (Å²) >= 11 is 0. The minimum atomic E-state index is -1.65. The van der Waals surface area contributed by atoms with Gasteiger partial charge >= 0.3 is 6.09 Å². The first-order chi connectivity index (χ1) is 9.93. The maximum atomic E-state index is 12.0. The van der Waals surface area contributed by atoms with Gasteiger partial charge in [0.1, 0.15) is 24.9 Å². The Morgan fingerprint density at radius 2 is 1.71 bits per heavy atom. The van der Waals surface area contributed by atoms with E-state index in [1.54, 1.807) is 24.3 Å². The van der Waals surface area contributed by atoms with Crippen molar-refractivity contribution in [3.8, 4) is 0 Å². The number of aliphatic hydroxyl groups is 4. The summed E-state index contributed by atoms with van der Waals surface area (Å²) in [6, 6.07) is 8.09. The number of ether oxygens (including phenoxy) is 1. The summed E-state index contributed by atoms with van der Waals surface area (Å²) in [4.78, 5) is 12.9. The second kappa shape index (κ2) is 6.40. The highest BCUT2D eigenvalue weighted by atomic mass is 16.6. The molecule has 1 aromatic rings. The van der Waals surface area contributed by atoms with E-state index >= 15 is 0 Å². The molecule has 7 heteroatoms. The number of hydrogen-bond acceptors (Lipinski definition) is 6. The van der Waals surface area contributed by atoms with Crippen molar-refractivity contribution in [3.05, 3.63) is 35.9 Å². The van der Waals surface area contributed by atoms with Crippen LogP contribution in [0.15, 0.2) is 30.3 Å². The van der Waals surface area contributed by atoms with Gasteiger partial charge in [-0.15, -0.1) is 0 Å². The van der Waals surface area contributed by atoms with Crippen LogP contribution < -0.4 is 0 Å². The Morgan fingerprint density at radius 3 is 2.33 bits per heavy atom. The lowest BCUT2D eigenvalue weighted by molar-refractivity contribution is -0.203. The Morgan fingerprint density at radius 1 is 1.10 bits per heavy atom. The average Bonchev–Trinajstić information content (AvgIpc) is 2.50. The summed E-state index contributed by atoms with van der Waals surface area (Å²) < 4.78 is 5.06. The van der Waals surface area contributed by atoms with Crippen molar-refractivity contribution < 1.29 is 30.0 Å². The maximum Gasteiger partial charge on any atom is 0.412 e. The van der Waals surface area contributed by atoms with E-state index < -0.39 is 36.7 Å². The van der Waals surface area contributed by atoms with E-state index in [4.69, 9.17) is 4.74 Å². The van der Waals surface area contributed by atoms with Crippen LogP contribution in [0, 0.1) is 0 Å². The molecular formula is C14H19NO6. The number of benzene rings is 1. The van der Waals surface area contributed by atoms with Gasteiger partial charge in [0.2, 0.25) is 0 Å². The van der Waals surface area contributed by atoms with Crippen LogP contribution in [-0.4, -0.2) is 62.0 Å². The summed E-state index contributed by atoms with van der Waals surface area (Å²) in [6.45, 7) is 1.46. The second-order valence-electron chi connectivity index (χ2n) is 5.07. The van der Waals surface area contributed by atoms with E-state index in [9.17, 15) is 25.2 Å². The van der Waals surface area contributed by atoms with Crippen LogP contribution in [0.5, 0.6) is 0 Å². The monoisotopic (exact) mass is 297 g/mol. The van der Waals surface area contributed by atoms with E-state index in [-0.39, 0.29) is 6.61 Å². The van der Waals surface area contributed by atoms with Crippen molar-refractivity contribution in [2.75, 3.05) is 0 Å². The van der Waals surface area contributed by atoms with Gasteiger partial charge in [0.15, 0.2) is 6.23 Å². The fourth-order valence-electron chi connectivity index (χ4n) is 2.30. The molecule has 0 saturated carbocycles. The number of aliphatic hydroxyl groups excluding tert-OH is 4. The van der Waals surface area contributed by atoms with Crippen LogP contribution in [0.1, 0.15) is 12.5 Å². The lowest BCUT2D eigenvalue weighted by atomic mass is 9.94. The summed E-state index contributed by atoms with van der Waals surface area (Å²) in [5.41, 5.74) is 0.770. The van der Waals surface area contributed by atoms with Crippen molar-refractivity contribution in [2.45, 2.75) is 44.1 Å². The Hall–Kier alpha value is -1.67. The summed E-state index contributed by atoms with van der Waals surface area (Å²) in [5, 5.41) is 38.8.